The third-order valence-electron chi connectivity index (χ3n) is 6.87. The van der Waals surface area contributed by atoms with E-state index in [1.54, 1.807) is 36.4 Å². The van der Waals surface area contributed by atoms with Gasteiger partial charge in [0, 0.05) is 6.61 Å². The van der Waals surface area contributed by atoms with Crippen molar-refractivity contribution in [2.24, 2.45) is 0 Å². The van der Waals surface area contributed by atoms with E-state index in [0.717, 1.165) is 36.2 Å². The van der Waals surface area contributed by atoms with Gasteiger partial charge in [0.05, 0.1) is 33.5 Å². The maximum absolute atomic E-state index is 14.2. The smallest absolute Gasteiger partial charge is 0.263 e. The van der Waals surface area contributed by atoms with Crippen LogP contribution in [0.1, 0.15) is 18.4 Å². The van der Waals surface area contributed by atoms with Gasteiger partial charge in [-0.05, 0) is 68.3 Å². The van der Waals surface area contributed by atoms with Gasteiger partial charge < -0.3 is 9.30 Å². The number of ether oxygens (including phenoxy) is 1. The molecule has 5 aromatic rings. The summed E-state index contributed by atoms with van der Waals surface area (Å²) in [6.07, 6.45) is 1.25. The summed E-state index contributed by atoms with van der Waals surface area (Å²) in [5.41, 5.74) is 2.08. The first-order chi connectivity index (χ1) is 19.1. The van der Waals surface area contributed by atoms with Gasteiger partial charge in [0.2, 0.25) is 9.84 Å². The molecule has 6 rings (SSSR count). The van der Waals surface area contributed by atoms with Crippen molar-refractivity contribution < 1.29 is 26.0 Å². The molecule has 0 unspecified atom stereocenters. The molecule has 9 nitrogen and oxygen atoms in total. The zero-order chi connectivity index (χ0) is 28.1. The molecule has 0 saturated carbocycles. The fourth-order valence-corrected chi connectivity index (χ4v) is 7.51. The molecule has 1 aliphatic rings. The minimum Gasteiger partial charge on any atom is -0.376 e. The van der Waals surface area contributed by atoms with E-state index in [9.17, 15) is 21.2 Å². The molecule has 1 aliphatic heterocycles. The van der Waals surface area contributed by atoms with Crippen LogP contribution in [0.3, 0.4) is 0 Å². The van der Waals surface area contributed by atoms with Gasteiger partial charge in [-0.1, -0.05) is 29.8 Å². The van der Waals surface area contributed by atoms with Gasteiger partial charge in [-0.2, -0.15) is 0 Å². The minimum atomic E-state index is -4.35. The van der Waals surface area contributed by atoms with E-state index in [4.69, 9.17) is 9.72 Å². The lowest BCUT2D eigenvalue weighted by atomic mass is 10.2. The summed E-state index contributed by atoms with van der Waals surface area (Å²) in [5.74, 6) is -0.806. The van der Waals surface area contributed by atoms with Crippen LogP contribution < -0.4 is 4.72 Å². The topological polar surface area (TPSA) is 120 Å². The second-order valence-corrected chi connectivity index (χ2v) is 13.3. The monoisotopic (exact) mass is 580 g/mol. The molecule has 1 atom stereocenters. The van der Waals surface area contributed by atoms with Crippen LogP contribution in [-0.4, -0.2) is 44.1 Å². The molecule has 2 aromatic heterocycles. The number of sulfone groups is 1. The molecule has 3 heterocycles. The van der Waals surface area contributed by atoms with Crippen molar-refractivity contribution >= 4 is 47.9 Å². The molecule has 3 aromatic carbocycles. The van der Waals surface area contributed by atoms with E-state index in [-0.39, 0.29) is 44.3 Å². The molecule has 1 fully saturated rings. The van der Waals surface area contributed by atoms with E-state index in [1.807, 2.05) is 6.92 Å². The molecule has 0 amide bonds. The van der Waals surface area contributed by atoms with Gasteiger partial charge in [0.25, 0.3) is 10.0 Å². The third kappa shape index (κ3) is 4.72. The van der Waals surface area contributed by atoms with Crippen molar-refractivity contribution in [3.63, 3.8) is 0 Å². The number of fused-ring (bicyclic) bond motifs is 2. The third-order valence-corrected chi connectivity index (χ3v) is 10.0. The van der Waals surface area contributed by atoms with E-state index in [1.165, 1.54) is 16.7 Å². The maximum atomic E-state index is 14.2. The van der Waals surface area contributed by atoms with Crippen molar-refractivity contribution in [3.05, 3.63) is 84.2 Å². The normalized spacial score (nSPS) is 16.1. The Bertz CT molecular complexity index is 1950. The Kier molecular flexibility index (Phi) is 6.56. The van der Waals surface area contributed by atoms with Crippen molar-refractivity contribution in [1.29, 1.82) is 0 Å². The van der Waals surface area contributed by atoms with Crippen LogP contribution in [0.2, 0.25) is 0 Å². The number of halogens is 1. The number of nitrogens with zero attached hydrogens (tertiary/aromatic N) is 3. The number of hydrogen-bond acceptors (Lipinski definition) is 7. The van der Waals surface area contributed by atoms with Crippen LogP contribution in [0.5, 0.6) is 0 Å². The standard InChI is InChI=1S/C28H25FN4O5S2/c1-18-8-12-21(13-9-18)39(34,35)26-25-27(31-24-7-3-2-6-23(24)30-25)33(17-20-5-4-16-38-20)28(26)32-40(36,37)22-14-10-19(29)11-15-22/h2-3,6-15,20,32H,4-5,16-17H2,1H3/t20-/m1/s1. The van der Waals surface area contributed by atoms with Gasteiger partial charge in [0.15, 0.2) is 5.65 Å². The SMILES string of the molecule is Cc1ccc(S(=O)(=O)c2c(NS(=O)(=O)c3ccc(F)cc3)n(C[C@H]3CCCO3)c3nc4ccccc4nc23)cc1. The fourth-order valence-electron chi connectivity index (χ4n) is 4.83. The van der Waals surface area contributed by atoms with E-state index in [0.29, 0.717) is 24.1 Å². The summed E-state index contributed by atoms with van der Waals surface area (Å²) in [4.78, 5) is 8.84. The summed E-state index contributed by atoms with van der Waals surface area (Å²) in [6, 6.07) is 17.6. The first kappa shape index (κ1) is 26.4. The molecule has 0 bridgehead atoms. The molecule has 0 radical (unpaired) electrons. The summed E-state index contributed by atoms with van der Waals surface area (Å²) in [5, 5.41) is 0. The number of aryl methyl sites for hydroxylation is 1. The molecular weight excluding hydrogens is 555 g/mol. The number of para-hydroxylation sites is 2. The van der Waals surface area contributed by atoms with Gasteiger partial charge in [-0.3, -0.25) is 4.72 Å². The van der Waals surface area contributed by atoms with Gasteiger partial charge in [-0.15, -0.1) is 0 Å². The average Bonchev–Trinajstić information content (AvgIpc) is 3.54. The van der Waals surface area contributed by atoms with Crippen LogP contribution in [0.15, 0.2) is 87.5 Å². The van der Waals surface area contributed by atoms with Crippen molar-refractivity contribution in [2.45, 2.75) is 47.1 Å². The highest BCUT2D eigenvalue weighted by atomic mass is 32.2. The quantitative estimate of drug-likeness (QED) is 0.292. The second kappa shape index (κ2) is 9.95. The molecule has 0 spiro atoms. The van der Waals surface area contributed by atoms with Gasteiger partial charge in [0.1, 0.15) is 22.0 Å². The second-order valence-electron chi connectivity index (χ2n) is 9.68. The van der Waals surface area contributed by atoms with Crippen molar-refractivity contribution in [2.75, 3.05) is 11.3 Å². The number of aromatic nitrogens is 3. The number of sulfonamides is 1. The lowest BCUT2D eigenvalue weighted by molar-refractivity contribution is 0.0983. The lowest BCUT2D eigenvalue weighted by Crippen LogP contribution is -2.21. The van der Waals surface area contributed by atoms with Crippen molar-refractivity contribution in [1.82, 2.24) is 14.5 Å². The number of nitrogens with one attached hydrogen (secondary N) is 1. The minimum absolute atomic E-state index is 0.0218. The predicted octanol–water partition coefficient (Wildman–Crippen LogP) is 4.84. The van der Waals surface area contributed by atoms with E-state index in [2.05, 4.69) is 9.71 Å². The Morgan fingerprint density at radius 3 is 2.23 bits per heavy atom. The zero-order valence-electron chi connectivity index (χ0n) is 21.4. The fraction of sp³-hybridized carbons (Fsp3) is 0.214. The molecule has 0 aliphatic carbocycles. The van der Waals surface area contributed by atoms with Gasteiger partial charge in [-0.25, -0.2) is 31.2 Å². The van der Waals surface area contributed by atoms with Crippen LogP contribution in [-0.2, 0) is 31.1 Å². The Hall–Kier alpha value is -3.87. The van der Waals surface area contributed by atoms with E-state index < -0.39 is 25.7 Å². The molecule has 1 N–H and O–H groups in total. The summed E-state index contributed by atoms with van der Waals surface area (Å²) < 4.78 is 79.0. The van der Waals surface area contributed by atoms with Crippen LogP contribution in [0.4, 0.5) is 10.2 Å². The van der Waals surface area contributed by atoms with Crippen LogP contribution in [0.25, 0.3) is 22.2 Å². The molecule has 40 heavy (non-hydrogen) atoms. The summed E-state index contributed by atoms with van der Waals surface area (Å²) in [6.45, 7) is 2.53. The maximum Gasteiger partial charge on any atom is 0.263 e. The van der Waals surface area contributed by atoms with Crippen LogP contribution >= 0.6 is 0 Å². The molecule has 206 valence electrons. The van der Waals surface area contributed by atoms with Crippen LogP contribution in [0, 0.1) is 12.7 Å². The van der Waals surface area contributed by atoms with E-state index >= 15 is 0 Å². The average molecular weight is 581 g/mol. The molecule has 12 heteroatoms. The largest absolute Gasteiger partial charge is 0.376 e. The molecular formula is C28H25FN4O5S2. The first-order valence-electron chi connectivity index (χ1n) is 12.6. The zero-order valence-corrected chi connectivity index (χ0v) is 23.0. The summed E-state index contributed by atoms with van der Waals surface area (Å²) in [7, 11) is -8.66. The number of rotatable bonds is 7. The highest BCUT2D eigenvalue weighted by molar-refractivity contribution is 7.93. The number of benzene rings is 3. The van der Waals surface area contributed by atoms with Gasteiger partial charge >= 0.3 is 0 Å². The Morgan fingerprint density at radius 1 is 0.925 bits per heavy atom. The highest BCUT2D eigenvalue weighted by Crippen LogP contribution is 2.39. The lowest BCUT2D eigenvalue weighted by Gasteiger charge is -2.17. The Labute approximate surface area is 230 Å². The Morgan fingerprint density at radius 2 is 1.57 bits per heavy atom. The van der Waals surface area contributed by atoms with Crippen molar-refractivity contribution in [3.8, 4) is 0 Å². The Balaban J connectivity index is 1.66. The predicted molar refractivity (Wildman–Crippen MR) is 148 cm³/mol. The number of anilines is 1. The molecule has 1 saturated heterocycles. The number of hydrogen-bond donors (Lipinski definition) is 1. The highest BCUT2D eigenvalue weighted by Gasteiger charge is 2.35. The first-order valence-corrected chi connectivity index (χ1v) is 15.6. The summed E-state index contributed by atoms with van der Waals surface area (Å²) >= 11 is 0.